The van der Waals surface area contributed by atoms with Crippen molar-refractivity contribution in [2.45, 2.75) is 13.3 Å². The van der Waals surface area contributed by atoms with E-state index in [4.69, 9.17) is 10.8 Å². The van der Waals surface area contributed by atoms with E-state index < -0.39 is 40.1 Å². The number of benzene rings is 1. The number of hydrogen-bond donors (Lipinski definition) is 2. The molecule has 0 aliphatic carbocycles. The molecule has 0 radical (unpaired) electrons. The fourth-order valence-corrected chi connectivity index (χ4v) is 1.49. The van der Waals surface area contributed by atoms with E-state index in [0.29, 0.717) is 0 Å². The van der Waals surface area contributed by atoms with Gasteiger partial charge in [0.1, 0.15) is 5.41 Å². The Bertz CT molecular complexity index is 544. The first kappa shape index (κ1) is 14.6. The van der Waals surface area contributed by atoms with E-state index in [-0.39, 0.29) is 5.56 Å². The number of nitrogens with two attached hydrogens (primary N) is 1. The predicted octanol–water partition coefficient (Wildman–Crippen LogP) is 0.853. The molecule has 0 spiro atoms. The second-order valence-electron chi connectivity index (χ2n) is 4.19. The van der Waals surface area contributed by atoms with E-state index in [2.05, 4.69) is 0 Å². The number of nitro groups is 1. The highest BCUT2D eigenvalue weighted by atomic mass is 19.1. The molecule has 8 heteroatoms. The second kappa shape index (κ2) is 5.01. The van der Waals surface area contributed by atoms with E-state index in [1.807, 2.05) is 0 Å². The van der Waals surface area contributed by atoms with Gasteiger partial charge in [-0.05, 0) is 12.5 Å². The normalized spacial score (nSPS) is 13.6. The van der Waals surface area contributed by atoms with Gasteiger partial charge in [-0.3, -0.25) is 19.7 Å². The SMILES string of the molecule is CC(Cc1cccc([N+](=O)[O-])c1F)(C(N)=O)C(=O)O. The van der Waals surface area contributed by atoms with E-state index in [1.165, 1.54) is 12.1 Å². The van der Waals surface area contributed by atoms with Crippen LogP contribution >= 0.6 is 0 Å². The zero-order valence-corrected chi connectivity index (χ0v) is 9.92. The van der Waals surface area contributed by atoms with Gasteiger partial charge in [0.15, 0.2) is 0 Å². The first-order valence-corrected chi connectivity index (χ1v) is 5.15. The molecule has 0 saturated heterocycles. The molecule has 102 valence electrons. The van der Waals surface area contributed by atoms with Crippen molar-refractivity contribution in [1.29, 1.82) is 0 Å². The molecular formula is C11H11FN2O5. The minimum atomic E-state index is -2.03. The number of amides is 1. The number of carboxylic acids is 1. The van der Waals surface area contributed by atoms with Gasteiger partial charge < -0.3 is 10.8 Å². The Hall–Kier alpha value is -2.51. The van der Waals surface area contributed by atoms with Crippen LogP contribution in [-0.2, 0) is 16.0 Å². The first-order valence-electron chi connectivity index (χ1n) is 5.15. The lowest BCUT2D eigenvalue weighted by Crippen LogP contribution is -2.43. The Morgan fingerprint density at radius 3 is 2.53 bits per heavy atom. The maximum atomic E-state index is 13.8. The maximum Gasteiger partial charge on any atom is 0.319 e. The number of primary amides is 1. The van der Waals surface area contributed by atoms with E-state index in [9.17, 15) is 24.1 Å². The van der Waals surface area contributed by atoms with Crippen molar-refractivity contribution in [2.24, 2.45) is 11.1 Å². The third kappa shape index (κ3) is 2.67. The number of nitro benzene ring substituents is 1. The topological polar surface area (TPSA) is 124 Å². The molecule has 0 fully saturated rings. The van der Waals surface area contributed by atoms with Gasteiger partial charge in [-0.1, -0.05) is 12.1 Å². The first-order chi connectivity index (χ1) is 8.70. The minimum Gasteiger partial charge on any atom is -0.480 e. The molecule has 0 bridgehead atoms. The average molecular weight is 270 g/mol. The van der Waals surface area contributed by atoms with Gasteiger partial charge in [0.05, 0.1) is 4.92 Å². The highest BCUT2D eigenvalue weighted by molar-refractivity contribution is 6.00. The summed E-state index contributed by atoms with van der Waals surface area (Å²) in [5, 5.41) is 19.5. The van der Waals surface area contributed by atoms with E-state index in [1.54, 1.807) is 0 Å². The molecule has 1 unspecified atom stereocenters. The largest absolute Gasteiger partial charge is 0.480 e. The quantitative estimate of drug-likeness (QED) is 0.466. The average Bonchev–Trinajstić information content (AvgIpc) is 2.30. The van der Waals surface area contributed by atoms with E-state index in [0.717, 1.165) is 13.0 Å². The number of carboxylic acid groups (broad SMARTS) is 1. The number of carbonyl (C=O) groups is 2. The zero-order chi connectivity index (χ0) is 14.8. The Kier molecular flexibility index (Phi) is 3.83. The molecule has 0 aliphatic heterocycles. The molecule has 1 amide bonds. The van der Waals surface area contributed by atoms with Gasteiger partial charge in [0.25, 0.3) is 0 Å². The smallest absolute Gasteiger partial charge is 0.319 e. The van der Waals surface area contributed by atoms with Crippen LogP contribution in [0.15, 0.2) is 18.2 Å². The highest BCUT2D eigenvalue weighted by Gasteiger charge is 2.41. The molecule has 1 aromatic carbocycles. The summed E-state index contributed by atoms with van der Waals surface area (Å²) in [5.41, 5.74) is 1.93. The standard InChI is InChI=1S/C11H11FN2O5/c1-11(9(13)15,10(16)17)5-6-3-2-4-7(8(6)12)14(18)19/h2-4H,5H2,1H3,(H2,13,15)(H,16,17). The summed E-state index contributed by atoms with van der Waals surface area (Å²) in [6.07, 6.45) is -0.564. The monoisotopic (exact) mass is 270 g/mol. The molecule has 0 saturated carbocycles. The van der Waals surface area contributed by atoms with Gasteiger partial charge in [0.2, 0.25) is 11.7 Å². The summed E-state index contributed by atoms with van der Waals surface area (Å²) in [7, 11) is 0. The molecule has 1 atom stereocenters. The number of aliphatic carboxylic acids is 1. The van der Waals surface area contributed by atoms with Crippen LogP contribution in [0.3, 0.4) is 0 Å². The van der Waals surface area contributed by atoms with Crippen molar-refractivity contribution >= 4 is 17.6 Å². The predicted molar refractivity (Wildman–Crippen MR) is 61.7 cm³/mol. The minimum absolute atomic E-state index is 0.252. The maximum absolute atomic E-state index is 13.8. The highest BCUT2D eigenvalue weighted by Crippen LogP contribution is 2.28. The van der Waals surface area contributed by atoms with Gasteiger partial charge in [-0.25, -0.2) is 0 Å². The summed E-state index contributed by atoms with van der Waals surface area (Å²) >= 11 is 0. The molecule has 19 heavy (non-hydrogen) atoms. The molecule has 3 N–H and O–H groups in total. The van der Waals surface area contributed by atoms with E-state index >= 15 is 0 Å². The molecular weight excluding hydrogens is 259 g/mol. The summed E-state index contributed by atoms with van der Waals surface area (Å²) in [5.74, 6) is -3.84. The number of nitrogens with zero attached hydrogens (tertiary/aromatic N) is 1. The second-order valence-corrected chi connectivity index (χ2v) is 4.19. The number of hydrogen-bond acceptors (Lipinski definition) is 4. The summed E-state index contributed by atoms with van der Waals surface area (Å²) in [6.45, 7) is 1.04. The van der Waals surface area contributed by atoms with Crippen LogP contribution in [-0.4, -0.2) is 21.9 Å². The Labute approximate surface area is 107 Å². The van der Waals surface area contributed by atoms with Crippen LogP contribution in [0.2, 0.25) is 0 Å². The lowest BCUT2D eigenvalue weighted by molar-refractivity contribution is -0.387. The lowest BCUT2D eigenvalue weighted by atomic mass is 9.82. The zero-order valence-electron chi connectivity index (χ0n) is 9.92. The van der Waals surface area contributed by atoms with Crippen molar-refractivity contribution in [3.05, 3.63) is 39.7 Å². The lowest BCUT2D eigenvalue weighted by Gasteiger charge is -2.20. The van der Waals surface area contributed by atoms with Gasteiger partial charge in [0, 0.05) is 12.5 Å². The van der Waals surface area contributed by atoms with Crippen LogP contribution in [0, 0.1) is 21.3 Å². The van der Waals surface area contributed by atoms with Crippen LogP contribution < -0.4 is 5.73 Å². The van der Waals surface area contributed by atoms with Crippen molar-refractivity contribution in [3.63, 3.8) is 0 Å². The van der Waals surface area contributed by atoms with Crippen LogP contribution in [0.5, 0.6) is 0 Å². The third-order valence-corrected chi connectivity index (χ3v) is 2.81. The molecule has 1 aromatic rings. The van der Waals surface area contributed by atoms with Crippen molar-refractivity contribution < 1.29 is 24.0 Å². The molecule has 0 heterocycles. The van der Waals surface area contributed by atoms with Gasteiger partial charge in [-0.2, -0.15) is 4.39 Å². The molecule has 1 rings (SSSR count). The molecule has 7 nitrogen and oxygen atoms in total. The fourth-order valence-electron chi connectivity index (χ4n) is 1.49. The van der Waals surface area contributed by atoms with Crippen LogP contribution in [0.4, 0.5) is 10.1 Å². The molecule has 0 aromatic heterocycles. The summed E-state index contributed by atoms with van der Waals surface area (Å²) in [6, 6.07) is 3.33. The third-order valence-electron chi connectivity index (χ3n) is 2.81. The number of rotatable bonds is 5. The number of halogens is 1. The van der Waals surface area contributed by atoms with Gasteiger partial charge >= 0.3 is 11.7 Å². The van der Waals surface area contributed by atoms with Crippen LogP contribution in [0.25, 0.3) is 0 Å². The number of carbonyl (C=O) groups excluding carboxylic acids is 1. The van der Waals surface area contributed by atoms with Gasteiger partial charge in [-0.15, -0.1) is 0 Å². The van der Waals surface area contributed by atoms with Crippen molar-refractivity contribution in [3.8, 4) is 0 Å². The Morgan fingerprint density at radius 2 is 2.11 bits per heavy atom. The Balaban J connectivity index is 3.26. The Morgan fingerprint density at radius 1 is 1.53 bits per heavy atom. The summed E-state index contributed by atoms with van der Waals surface area (Å²) < 4.78 is 13.8. The molecule has 0 aliphatic rings. The van der Waals surface area contributed by atoms with Crippen molar-refractivity contribution in [1.82, 2.24) is 0 Å². The van der Waals surface area contributed by atoms with Crippen LogP contribution in [0.1, 0.15) is 12.5 Å². The fraction of sp³-hybridized carbons (Fsp3) is 0.273. The van der Waals surface area contributed by atoms with Crippen molar-refractivity contribution in [2.75, 3.05) is 0 Å². The summed E-state index contributed by atoms with van der Waals surface area (Å²) in [4.78, 5) is 31.9.